The van der Waals surface area contributed by atoms with Crippen molar-refractivity contribution in [2.45, 2.75) is 25.4 Å². The molecule has 1 heterocycles. The Kier molecular flexibility index (Phi) is 9.77. The van der Waals surface area contributed by atoms with Crippen LogP contribution in [0.15, 0.2) is 79.1 Å². The summed E-state index contributed by atoms with van der Waals surface area (Å²) in [5, 5.41) is 2.32. The van der Waals surface area contributed by atoms with Crippen LogP contribution in [-0.4, -0.2) is 34.6 Å². The molecule has 0 aliphatic carbocycles. The largest absolute Gasteiger partial charge is 0.416 e. The van der Waals surface area contributed by atoms with Gasteiger partial charge < -0.3 is 19.7 Å². The van der Waals surface area contributed by atoms with E-state index in [0.717, 1.165) is 16.0 Å². The second kappa shape index (κ2) is 12.7. The van der Waals surface area contributed by atoms with Gasteiger partial charge >= 0.3 is 18.4 Å². The van der Waals surface area contributed by atoms with Crippen LogP contribution in [0.2, 0.25) is 0 Å². The number of carbonyl (C=O) groups excluding carboxylic acids is 1. The number of hydrogen-bond donors (Lipinski definition) is 1. The average molecular weight is 616 g/mol. The number of anilines is 1. The third-order valence-electron chi connectivity index (χ3n) is 6.13. The van der Waals surface area contributed by atoms with Crippen molar-refractivity contribution in [1.29, 1.82) is 0 Å². The van der Waals surface area contributed by atoms with Crippen molar-refractivity contribution in [1.82, 2.24) is 19.8 Å². The Labute approximate surface area is 242 Å². The zero-order chi connectivity index (χ0) is 29.9. The molecule has 0 radical (unpaired) electrons. The van der Waals surface area contributed by atoms with E-state index in [1.54, 1.807) is 24.1 Å². The Morgan fingerprint density at radius 3 is 2.07 bits per heavy atom. The lowest BCUT2D eigenvalue weighted by molar-refractivity contribution is -0.143. The van der Waals surface area contributed by atoms with Crippen LogP contribution in [0.1, 0.15) is 22.3 Å². The summed E-state index contributed by atoms with van der Waals surface area (Å²) in [7, 11) is 3.06. The standard InChI is InChI=1S/C28H24F7N5O.ClH/c1-38(25-37-23-5-3-4-6-24(23)40(25)17-18-7-9-22(29)10-8-18)11-12-39(2)26(41)36-16-19-13-20(27(30,31)32)15-21(14-19)28(33,34)35;/h3-15H,16-17H2,1-2H3,(H,36,41);1H/b12-11+;. The first kappa shape index (κ1) is 32.3. The molecule has 0 atom stereocenters. The highest BCUT2D eigenvalue weighted by atomic mass is 35.5. The molecule has 0 saturated heterocycles. The first-order chi connectivity index (χ1) is 19.2. The van der Waals surface area contributed by atoms with Gasteiger partial charge in [-0.05, 0) is 53.6 Å². The number of hydrogen-bond acceptors (Lipinski definition) is 3. The van der Waals surface area contributed by atoms with Crippen molar-refractivity contribution in [3.05, 3.63) is 107 Å². The zero-order valence-corrected chi connectivity index (χ0v) is 23.0. The summed E-state index contributed by atoms with van der Waals surface area (Å²) in [6, 6.07) is 13.8. The van der Waals surface area contributed by atoms with Crippen molar-refractivity contribution in [2.75, 3.05) is 19.0 Å². The molecule has 0 aliphatic rings. The van der Waals surface area contributed by atoms with Gasteiger partial charge in [0.25, 0.3) is 0 Å². The van der Waals surface area contributed by atoms with Crippen molar-refractivity contribution in [2.24, 2.45) is 0 Å². The van der Waals surface area contributed by atoms with Crippen molar-refractivity contribution >= 4 is 35.4 Å². The third-order valence-corrected chi connectivity index (χ3v) is 6.13. The first-order valence-electron chi connectivity index (χ1n) is 12.1. The Balaban J connectivity index is 0.00000484. The van der Waals surface area contributed by atoms with Crippen LogP contribution in [0.25, 0.3) is 11.0 Å². The second-order valence-corrected chi connectivity index (χ2v) is 9.21. The summed E-state index contributed by atoms with van der Waals surface area (Å²) in [5.41, 5.74) is -0.935. The summed E-state index contributed by atoms with van der Waals surface area (Å²) >= 11 is 0. The minimum absolute atomic E-state index is 0. The highest BCUT2D eigenvalue weighted by Crippen LogP contribution is 2.36. The fraction of sp³-hybridized carbons (Fsp3) is 0.214. The summed E-state index contributed by atoms with van der Waals surface area (Å²) in [6.45, 7) is -0.186. The van der Waals surface area contributed by atoms with Crippen LogP contribution < -0.4 is 10.2 Å². The number of halogens is 8. The summed E-state index contributed by atoms with van der Waals surface area (Å²) in [6.07, 6.45) is -7.09. The fourth-order valence-electron chi connectivity index (χ4n) is 4.02. The van der Waals surface area contributed by atoms with E-state index in [9.17, 15) is 35.5 Å². The smallest absolute Gasteiger partial charge is 0.334 e. The number of imidazole rings is 1. The van der Waals surface area contributed by atoms with Gasteiger partial charge in [-0.3, -0.25) is 0 Å². The topological polar surface area (TPSA) is 53.4 Å². The lowest BCUT2D eigenvalue weighted by Gasteiger charge is -2.19. The predicted molar refractivity (Wildman–Crippen MR) is 146 cm³/mol. The first-order valence-corrected chi connectivity index (χ1v) is 12.1. The number of aromatic nitrogens is 2. The van der Waals surface area contributed by atoms with E-state index < -0.39 is 36.1 Å². The van der Waals surface area contributed by atoms with Gasteiger partial charge in [-0.15, -0.1) is 12.4 Å². The number of carbonyl (C=O) groups is 1. The van der Waals surface area contributed by atoms with Gasteiger partial charge in [0.05, 0.1) is 28.7 Å². The minimum atomic E-state index is -4.99. The van der Waals surface area contributed by atoms with E-state index >= 15 is 0 Å². The lowest BCUT2D eigenvalue weighted by Crippen LogP contribution is -2.34. The Hall–Kier alpha value is -4.26. The van der Waals surface area contributed by atoms with Crippen LogP contribution >= 0.6 is 12.4 Å². The molecule has 0 spiro atoms. The SMILES string of the molecule is CN(/C=C/N(C)c1nc2ccccc2n1Cc1ccc(F)cc1)C(=O)NCc1cc(C(F)(F)F)cc(C(F)(F)F)c1.Cl. The van der Waals surface area contributed by atoms with Crippen LogP contribution in [-0.2, 0) is 25.4 Å². The van der Waals surface area contributed by atoms with Crippen molar-refractivity contribution in [3.63, 3.8) is 0 Å². The summed E-state index contributed by atoms with van der Waals surface area (Å²) in [5.74, 6) is 0.143. The molecular formula is C28H25ClF7N5O. The molecule has 0 saturated carbocycles. The van der Waals surface area contributed by atoms with Gasteiger partial charge in [-0.2, -0.15) is 26.3 Å². The van der Waals surface area contributed by atoms with Crippen molar-refractivity contribution < 1.29 is 35.5 Å². The molecule has 0 bridgehead atoms. The third kappa shape index (κ3) is 7.72. The van der Waals surface area contributed by atoms with E-state index in [4.69, 9.17) is 0 Å². The van der Waals surface area contributed by atoms with E-state index in [1.165, 1.54) is 31.6 Å². The number of benzene rings is 3. The number of urea groups is 1. The molecule has 42 heavy (non-hydrogen) atoms. The molecule has 224 valence electrons. The van der Waals surface area contributed by atoms with E-state index in [1.807, 2.05) is 28.8 Å². The Morgan fingerprint density at radius 1 is 0.881 bits per heavy atom. The molecule has 14 heteroatoms. The summed E-state index contributed by atoms with van der Waals surface area (Å²) in [4.78, 5) is 19.9. The number of nitrogens with one attached hydrogen (secondary N) is 1. The van der Waals surface area contributed by atoms with Gasteiger partial charge in [-0.25, -0.2) is 14.2 Å². The maximum atomic E-state index is 13.4. The Bertz CT molecular complexity index is 1530. The highest BCUT2D eigenvalue weighted by Gasteiger charge is 2.36. The molecule has 4 rings (SSSR count). The fourth-order valence-corrected chi connectivity index (χ4v) is 4.02. The average Bonchev–Trinajstić information content (AvgIpc) is 3.28. The number of amides is 2. The molecule has 1 aromatic heterocycles. The molecule has 4 aromatic rings. The normalized spacial score (nSPS) is 11.9. The van der Waals surface area contributed by atoms with E-state index in [2.05, 4.69) is 10.3 Å². The number of rotatable bonds is 7. The highest BCUT2D eigenvalue weighted by molar-refractivity contribution is 5.85. The van der Waals surface area contributed by atoms with Gasteiger partial charge in [0.1, 0.15) is 5.82 Å². The molecule has 2 amide bonds. The van der Waals surface area contributed by atoms with Gasteiger partial charge in [0, 0.05) is 33.0 Å². The monoisotopic (exact) mass is 615 g/mol. The van der Waals surface area contributed by atoms with Gasteiger partial charge in [0.2, 0.25) is 5.95 Å². The molecule has 0 unspecified atom stereocenters. The Morgan fingerprint density at radius 2 is 1.48 bits per heavy atom. The van der Waals surface area contributed by atoms with Crippen LogP contribution in [0, 0.1) is 5.82 Å². The molecule has 6 nitrogen and oxygen atoms in total. The zero-order valence-electron chi connectivity index (χ0n) is 22.2. The maximum absolute atomic E-state index is 13.4. The van der Waals surface area contributed by atoms with Crippen LogP contribution in [0.5, 0.6) is 0 Å². The summed E-state index contributed by atoms with van der Waals surface area (Å²) < 4.78 is 94.0. The maximum Gasteiger partial charge on any atom is 0.416 e. The molecular weight excluding hydrogens is 591 g/mol. The quantitative estimate of drug-likeness (QED) is 0.220. The molecule has 0 fully saturated rings. The lowest BCUT2D eigenvalue weighted by atomic mass is 10.0. The van der Waals surface area contributed by atoms with Gasteiger partial charge in [-0.1, -0.05) is 24.3 Å². The molecule has 0 aliphatic heterocycles. The molecule has 3 aromatic carbocycles. The van der Waals surface area contributed by atoms with E-state index in [-0.39, 0.29) is 29.9 Å². The molecule has 1 N–H and O–H groups in total. The number of nitrogens with zero attached hydrogens (tertiary/aromatic N) is 4. The number of alkyl halides is 6. The van der Waals surface area contributed by atoms with Crippen molar-refractivity contribution in [3.8, 4) is 0 Å². The number of fused-ring (bicyclic) bond motifs is 1. The van der Waals surface area contributed by atoms with E-state index in [0.29, 0.717) is 30.1 Å². The van der Waals surface area contributed by atoms with Crippen LogP contribution in [0.3, 0.4) is 0 Å². The predicted octanol–water partition coefficient (Wildman–Crippen LogP) is 7.43. The van der Waals surface area contributed by atoms with Gasteiger partial charge in [0.15, 0.2) is 0 Å². The number of para-hydroxylation sites is 2. The van der Waals surface area contributed by atoms with Crippen LogP contribution in [0.4, 0.5) is 41.5 Å². The minimum Gasteiger partial charge on any atom is -0.334 e. The second-order valence-electron chi connectivity index (χ2n) is 9.21.